The Hall–Kier alpha value is -0.0400. The minimum absolute atomic E-state index is 0.299. The molecule has 0 aliphatic heterocycles. The van der Waals surface area contributed by atoms with Crippen LogP contribution in [0, 0.1) is 5.92 Å². The van der Waals surface area contributed by atoms with E-state index in [9.17, 15) is 0 Å². The lowest BCUT2D eigenvalue weighted by atomic mass is 9.69. The van der Waals surface area contributed by atoms with Gasteiger partial charge in [0.15, 0.2) is 0 Å². The van der Waals surface area contributed by atoms with Crippen molar-refractivity contribution < 1.29 is 4.74 Å². The van der Waals surface area contributed by atoms with Crippen molar-refractivity contribution in [3.8, 4) is 0 Å². The summed E-state index contributed by atoms with van der Waals surface area (Å²) in [5.41, 5.74) is 0.299. The van der Waals surface area contributed by atoms with Crippen LogP contribution in [0.5, 0.6) is 0 Å². The zero-order chi connectivity index (χ0) is 12.0. The van der Waals surface area contributed by atoms with Crippen molar-refractivity contribution in [1.82, 2.24) is 0 Å². The molecule has 2 aliphatic rings. The van der Waals surface area contributed by atoms with E-state index in [1.165, 1.54) is 77.0 Å². The van der Waals surface area contributed by atoms with E-state index < -0.39 is 0 Å². The van der Waals surface area contributed by atoms with Crippen LogP contribution in [-0.4, -0.2) is 12.2 Å². The van der Waals surface area contributed by atoms with Crippen molar-refractivity contribution in [3.05, 3.63) is 0 Å². The van der Waals surface area contributed by atoms with Gasteiger partial charge in [-0.25, -0.2) is 0 Å². The molecule has 2 fully saturated rings. The summed E-state index contributed by atoms with van der Waals surface area (Å²) in [5, 5.41) is 0. The van der Waals surface area contributed by atoms with Gasteiger partial charge >= 0.3 is 0 Å². The first-order valence-corrected chi connectivity index (χ1v) is 8.01. The van der Waals surface area contributed by atoms with E-state index in [0.717, 1.165) is 12.5 Å². The highest BCUT2D eigenvalue weighted by atomic mass is 16.5. The van der Waals surface area contributed by atoms with E-state index in [0.29, 0.717) is 5.60 Å². The fourth-order valence-electron chi connectivity index (χ4n) is 3.87. The first-order chi connectivity index (χ1) is 8.37. The molecule has 0 aromatic heterocycles. The maximum Gasteiger partial charge on any atom is 0.0710 e. The minimum Gasteiger partial charge on any atom is -0.375 e. The Balaban J connectivity index is 1.94. The SMILES string of the molecule is CCCCOC1(C2CCCCC2)CCCCC1. The van der Waals surface area contributed by atoms with Gasteiger partial charge in [0.2, 0.25) is 0 Å². The third kappa shape index (κ3) is 3.47. The Bertz CT molecular complexity index is 200. The van der Waals surface area contributed by atoms with E-state index in [1.807, 2.05) is 0 Å². The van der Waals surface area contributed by atoms with Crippen LogP contribution >= 0.6 is 0 Å². The number of unbranched alkanes of at least 4 members (excludes halogenated alkanes) is 1. The van der Waals surface area contributed by atoms with Crippen LogP contribution in [0.15, 0.2) is 0 Å². The van der Waals surface area contributed by atoms with E-state index in [2.05, 4.69) is 6.92 Å². The maximum absolute atomic E-state index is 6.45. The molecular formula is C16H30O. The first-order valence-electron chi connectivity index (χ1n) is 8.01. The highest BCUT2D eigenvalue weighted by Gasteiger charge is 2.40. The summed E-state index contributed by atoms with van der Waals surface area (Å²) in [6.07, 6.45) is 16.7. The molecular weight excluding hydrogens is 208 g/mol. The summed E-state index contributed by atoms with van der Waals surface area (Å²) in [7, 11) is 0. The lowest BCUT2D eigenvalue weighted by Gasteiger charge is -2.45. The molecule has 0 radical (unpaired) electrons. The van der Waals surface area contributed by atoms with E-state index >= 15 is 0 Å². The molecule has 0 bridgehead atoms. The molecule has 0 heterocycles. The van der Waals surface area contributed by atoms with Gasteiger partial charge < -0.3 is 4.74 Å². The van der Waals surface area contributed by atoms with Gasteiger partial charge in [-0.2, -0.15) is 0 Å². The fraction of sp³-hybridized carbons (Fsp3) is 1.00. The average molecular weight is 238 g/mol. The molecule has 2 saturated carbocycles. The van der Waals surface area contributed by atoms with Crippen LogP contribution < -0.4 is 0 Å². The van der Waals surface area contributed by atoms with Crippen LogP contribution in [0.25, 0.3) is 0 Å². The standard InChI is InChI=1S/C16H30O/c1-2-3-14-17-16(12-8-5-9-13-16)15-10-6-4-7-11-15/h15H,2-14H2,1H3. The Morgan fingerprint density at radius 1 is 0.941 bits per heavy atom. The summed E-state index contributed by atoms with van der Waals surface area (Å²) < 4.78 is 6.45. The second-order valence-corrected chi connectivity index (χ2v) is 6.16. The highest BCUT2D eigenvalue weighted by molar-refractivity contribution is 4.92. The molecule has 0 amide bonds. The summed E-state index contributed by atoms with van der Waals surface area (Å²) in [5.74, 6) is 0.883. The van der Waals surface area contributed by atoms with Gasteiger partial charge in [-0.05, 0) is 38.0 Å². The second-order valence-electron chi connectivity index (χ2n) is 6.16. The van der Waals surface area contributed by atoms with E-state index in [1.54, 1.807) is 0 Å². The molecule has 0 aromatic rings. The molecule has 0 saturated heterocycles. The lowest BCUT2D eigenvalue weighted by molar-refractivity contribution is -0.119. The summed E-state index contributed by atoms with van der Waals surface area (Å²) in [6.45, 7) is 3.27. The molecule has 0 spiro atoms. The van der Waals surface area contributed by atoms with E-state index in [-0.39, 0.29) is 0 Å². The largest absolute Gasteiger partial charge is 0.375 e. The number of ether oxygens (including phenoxy) is 1. The topological polar surface area (TPSA) is 9.23 Å². The number of hydrogen-bond donors (Lipinski definition) is 0. The number of rotatable bonds is 5. The molecule has 1 nitrogen and oxygen atoms in total. The predicted molar refractivity (Wildman–Crippen MR) is 73.3 cm³/mol. The van der Waals surface area contributed by atoms with Crippen LogP contribution in [0.2, 0.25) is 0 Å². The van der Waals surface area contributed by atoms with Crippen LogP contribution in [0.1, 0.15) is 84.0 Å². The molecule has 100 valence electrons. The van der Waals surface area contributed by atoms with Crippen molar-refractivity contribution in [1.29, 1.82) is 0 Å². The molecule has 1 heteroatoms. The van der Waals surface area contributed by atoms with E-state index in [4.69, 9.17) is 4.74 Å². The van der Waals surface area contributed by atoms with Crippen LogP contribution in [0.4, 0.5) is 0 Å². The van der Waals surface area contributed by atoms with Gasteiger partial charge in [0.1, 0.15) is 0 Å². The monoisotopic (exact) mass is 238 g/mol. The summed E-state index contributed by atoms with van der Waals surface area (Å²) in [4.78, 5) is 0. The Morgan fingerprint density at radius 3 is 2.24 bits per heavy atom. The quantitative estimate of drug-likeness (QED) is 0.606. The van der Waals surface area contributed by atoms with Crippen molar-refractivity contribution in [2.24, 2.45) is 5.92 Å². The summed E-state index contributed by atoms with van der Waals surface area (Å²) >= 11 is 0. The lowest BCUT2D eigenvalue weighted by Crippen LogP contribution is -2.44. The average Bonchev–Trinajstić information content (AvgIpc) is 2.41. The van der Waals surface area contributed by atoms with Crippen LogP contribution in [0.3, 0.4) is 0 Å². The molecule has 17 heavy (non-hydrogen) atoms. The molecule has 0 unspecified atom stereocenters. The Morgan fingerprint density at radius 2 is 1.59 bits per heavy atom. The van der Waals surface area contributed by atoms with Gasteiger partial charge in [-0.1, -0.05) is 51.9 Å². The van der Waals surface area contributed by atoms with Crippen molar-refractivity contribution in [3.63, 3.8) is 0 Å². The van der Waals surface area contributed by atoms with Gasteiger partial charge in [-0.15, -0.1) is 0 Å². The smallest absolute Gasteiger partial charge is 0.0710 e. The molecule has 2 aliphatic carbocycles. The summed E-state index contributed by atoms with van der Waals surface area (Å²) in [6, 6.07) is 0. The normalized spacial score (nSPS) is 25.9. The maximum atomic E-state index is 6.45. The molecule has 0 atom stereocenters. The van der Waals surface area contributed by atoms with Gasteiger partial charge in [0.25, 0.3) is 0 Å². The van der Waals surface area contributed by atoms with Gasteiger partial charge in [0.05, 0.1) is 5.60 Å². The second kappa shape index (κ2) is 6.78. The van der Waals surface area contributed by atoms with Gasteiger partial charge in [-0.3, -0.25) is 0 Å². The predicted octanol–water partition coefficient (Wildman–Crippen LogP) is 5.09. The van der Waals surface area contributed by atoms with Crippen molar-refractivity contribution in [2.45, 2.75) is 89.6 Å². The Kier molecular flexibility index (Phi) is 5.34. The zero-order valence-electron chi connectivity index (χ0n) is 11.7. The Labute approximate surface area is 107 Å². The number of hydrogen-bond acceptors (Lipinski definition) is 1. The highest BCUT2D eigenvalue weighted by Crippen LogP contribution is 2.44. The van der Waals surface area contributed by atoms with Gasteiger partial charge in [0, 0.05) is 6.61 Å². The molecule has 0 aromatic carbocycles. The third-order valence-corrected chi connectivity index (χ3v) is 4.94. The molecule has 0 N–H and O–H groups in total. The fourth-order valence-corrected chi connectivity index (χ4v) is 3.87. The zero-order valence-corrected chi connectivity index (χ0v) is 11.7. The third-order valence-electron chi connectivity index (χ3n) is 4.94. The first kappa shape index (κ1) is 13.4. The molecule has 2 rings (SSSR count). The van der Waals surface area contributed by atoms with Crippen LogP contribution in [-0.2, 0) is 4.74 Å². The minimum atomic E-state index is 0.299. The van der Waals surface area contributed by atoms with Crippen molar-refractivity contribution >= 4 is 0 Å². The van der Waals surface area contributed by atoms with Crippen molar-refractivity contribution in [2.75, 3.05) is 6.61 Å².